The molecular weight excluding hydrogens is 424 g/mol. The quantitative estimate of drug-likeness (QED) is 0.510. The van der Waals surface area contributed by atoms with Gasteiger partial charge in [-0.1, -0.05) is 24.3 Å². The number of benzene rings is 2. The summed E-state index contributed by atoms with van der Waals surface area (Å²) in [4.78, 5) is 17.0. The average molecular weight is 449 g/mol. The highest BCUT2D eigenvalue weighted by atomic mass is 32.2. The van der Waals surface area contributed by atoms with Gasteiger partial charge in [-0.15, -0.1) is 22.0 Å². The van der Waals surface area contributed by atoms with Crippen LogP contribution in [0, 0.1) is 5.41 Å². The average Bonchev–Trinajstić information content (AvgIpc) is 3.21. The van der Waals surface area contributed by atoms with E-state index in [1.54, 1.807) is 0 Å². The number of aromatic nitrogens is 2. The van der Waals surface area contributed by atoms with Gasteiger partial charge in [0.2, 0.25) is 12.2 Å². The molecule has 0 aliphatic carbocycles. The number of ether oxygens (including phenoxy) is 1. The third-order valence-electron chi connectivity index (χ3n) is 6.43. The minimum Gasteiger partial charge on any atom is -0.414 e. The molecule has 3 aliphatic heterocycles. The zero-order chi connectivity index (χ0) is 21.5. The predicted octanol–water partition coefficient (Wildman–Crippen LogP) is 3.36. The molecule has 0 unspecified atom stereocenters. The summed E-state index contributed by atoms with van der Waals surface area (Å²) in [5.41, 5.74) is 3.78. The lowest BCUT2D eigenvalue weighted by Gasteiger charge is -2.55. The van der Waals surface area contributed by atoms with Crippen LogP contribution in [0.15, 0.2) is 57.8 Å². The van der Waals surface area contributed by atoms with E-state index in [0.717, 1.165) is 44.1 Å². The van der Waals surface area contributed by atoms with Gasteiger partial charge in [0.1, 0.15) is 0 Å². The topological polar surface area (TPSA) is 71.7 Å². The molecule has 32 heavy (non-hydrogen) atoms. The number of para-hydroxylation sites is 1. The first-order chi connectivity index (χ1) is 15.7. The van der Waals surface area contributed by atoms with Crippen LogP contribution in [0.3, 0.4) is 0 Å². The smallest absolute Gasteiger partial charge is 0.280 e. The molecule has 4 heterocycles. The fraction of sp³-hybridized carbons (Fsp3) is 0.375. The number of hydrogen-bond acceptors (Lipinski definition) is 8. The third kappa shape index (κ3) is 3.72. The maximum Gasteiger partial charge on any atom is 0.280 e. The van der Waals surface area contributed by atoms with Crippen LogP contribution in [-0.4, -0.2) is 66.0 Å². The largest absolute Gasteiger partial charge is 0.414 e. The number of hydrogen-bond donors (Lipinski definition) is 0. The van der Waals surface area contributed by atoms with E-state index in [-0.39, 0.29) is 5.89 Å². The molecule has 1 spiro atoms. The third-order valence-corrected chi connectivity index (χ3v) is 7.61. The Hall–Kier alpha value is -2.68. The van der Waals surface area contributed by atoms with Crippen LogP contribution in [0.5, 0.6) is 0 Å². The minimum atomic E-state index is 0.000889. The number of carbonyl (C=O) groups excluding carboxylic acids is 1. The van der Waals surface area contributed by atoms with Gasteiger partial charge in [-0.2, -0.15) is 0 Å². The van der Waals surface area contributed by atoms with Crippen molar-refractivity contribution >= 4 is 23.7 Å². The van der Waals surface area contributed by atoms with Gasteiger partial charge in [-0.25, -0.2) is 0 Å². The Morgan fingerprint density at radius 3 is 2.53 bits per heavy atom. The van der Waals surface area contributed by atoms with Crippen LogP contribution >= 0.6 is 11.8 Å². The molecule has 2 aromatic carbocycles. The number of thioether (sulfide) groups is 1. The van der Waals surface area contributed by atoms with Crippen molar-refractivity contribution in [1.29, 1.82) is 0 Å². The van der Waals surface area contributed by atoms with Crippen molar-refractivity contribution in [2.24, 2.45) is 5.41 Å². The predicted molar refractivity (Wildman–Crippen MR) is 122 cm³/mol. The Balaban J connectivity index is 1.04. The molecule has 7 nitrogen and oxygen atoms in total. The van der Waals surface area contributed by atoms with E-state index in [1.165, 1.54) is 23.5 Å². The van der Waals surface area contributed by atoms with Crippen LogP contribution in [-0.2, 0) is 11.3 Å². The van der Waals surface area contributed by atoms with Crippen LogP contribution in [0.25, 0.3) is 11.5 Å². The standard InChI is InChI=1S/C24H24N4O3S/c29-12-22-25-26-23(31-22)20-3-1-2-4-21(20)28-10-19(11-28)32-18-7-5-17(6-8-18)9-27-13-24(14-27)15-30-16-24/h1-8,12,19H,9-11,13-16H2. The molecule has 0 amide bonds. The Labute approximate surface area is 190 Å². The monoisotopic (exact) mass is 448 g/mol. The summed E-state index contributed by atoms with van der Waals surface area (Å²) < 4.78 is 10.8. The van der Waals surface area contributed by atoms with Gasteiger partial charge in [0.15, 0.2) is 0 Å². The van der Waals surface area contributed by atoms with Crippen LogP contribution in [0.2, 0.25) is 0 Å². The number of nitrogens with zero attached hydrogens (tertiary/aromatic N) is 4. The van der Waals surface area contributed by atoms with Gasteiger partial charge in [0.25, 0.3) is 5.89 Å². The normalized spacial score (nSPS) is 19.9. The van der Waals surface area contributed by atoms with Crippen molar-refractivity contribution in [1.82, 2.24) is 15.1 Å². The van der Waals surface area contributed by atoms with Gasteiger partial charge in [0, 0.05) is 54.0 Å². The highest BCUT2D eigenvalue weighted by Gasteiger charge is 2.48. The van der Waals surface area contributed by atoms with E-state index >= 15 is 0 Å². The second kappa shape index (κ2) is 8.03. The van der Waals surface area contributed by atoms with E-state index in [2.05, 4.69) is 50.3 Å². The summed E-state index contributed by atoms with van der Waals surface area (Å²) in [5.74, 6) is 0.383. The lowest BCUT2D eigenvalue weighted by Crippen LogP contribution is -2.65. The van der Waals surface area contributed by atoms with E-state index in [0.29, 0.717) is 22.8 Å². The van der Waals surface area contributed by atoms with Gasteiger partial charge >= 0.3 is 0 Å². The highest BCUT2D eigenvalue weighted by Crippen LogP contribution is 2.39. The first kappa shape index (κ1) is 20.0. The molecule has 164 valence electrons. The van der Waals surface area contributed by atoms with Crippen LogP contribution < -0.4 is 4.90 Å². The van der Waals surface area contributed by atoms with Crippen molar-refractivity contribution < 1.29 is 13.9 Å². The van der Waals surface area contributed by atoms with Gasteiger partial charge in [-0.3, -0.25) is 9.69 Å². The van der Waals surface area contributed by atoms with Crippen molar-refractivity contribution in [3.05, 3.63) is 60.0 Å². The number of aldehydes is 1. The van der Waals surface area contributed by atoms with Crippen molar-refractivity contribution in [2.45, 2.75) is 16.7 Å². The van der Waals surface area contributed by atoms with E-state index in [1.807, 2.05) is 30.0 Å². The maximum absolute atomic E-state index is 10.9. The molecule has 3 aromatic rings. The molecule has 3 fully saturated rings. The zero-order valence-corrected chi connectivity index (χ0v) is 18.5. The van der Waals surface area contributed by atoms with E-state index < -0.39 is 0 Å². The Kier molecular flexibility index (Phi) is 5.01. The SMILES string of the molecule is O=Cc1nnc(-c2ccccc2N2CC(Sc3ccc(CN4CC5(COC5)C4)cc3)C2)o1. The molecule has 3 saturated heterocycles. The molecule has 0 saturated carbocycles. The van der Waals surface area contributed by atoms with Crippen LogP contribution in [0.4, 0.5) is 5.69 Å². The second-order valence-corrected chi connectivity index (χ2v) is 10.4. The molecule has 6 rings (SSSR count). The molecule has 1 aromatic heterocycles. The number of carbonyl (C=O) groups is 1. The molecule has 3 aliphatic rings. The Morgan fingerprint density at radius 1 is 1.06 bits per heavy atom. The summed E-state index contributed by atoms with van der Waals surface area (Å²) in [7, 11) is 0. The van der Waals surface area contributed by atoms with Crippen molar-refractivity contribution in [3.63, 3.8) is 0 Å². The summed E-state index contributed by atoms with van der Waals surface area (Å²) in [6, 6.07) is 17.0. The second-order valence-electron chi connectivity index (χ2n) is 9.01. The number of rotatable bonds is 7. The fourth-order valence-corrected chi connectivity index (χ4v) is 5.93. The maximum atomic E-state index is 10.9. The molecular formula is C24H24N4O3S. The minimum absolute atomic E-state index is 0.000889. The lowest BCUT2D eigenvalue weighted by atomic mass is 9.78. The summed E-state index contributed by atoms with van der Waals surface area (Å²) in [6.45, 7) is 7.16. The van der Waals surface area contributed by atoms with Crippen molar-refractivity contribution in [3.8, 4) is 11.5 Å². The first-order valence-corrected chi connectivity index (χ1v) is 11.8. The lowest BCUT2D eigenvalue weighted by molar-refractivity contribution is -0.191. The van der Waals surface area contributed by atoms with Gasteiger partial charge in [-0.05, 0) is 29.8 Å². The fourth-order valence-electron chi connectivity index (χ4n) is 4.74. The van der Waals surface area contributed by atoms with E-state index in [9.17, 15) is 4.79 Å². The highest BCUT2D eigenvalue weighted by molar-refractivity contribution is 8.00. The Bertz CT molecular complexity index is 1110. The summed E-state index contributed by atoms with van der Waals surface area (Å²) >= 11 is 1.93. The van der Waals surface area contributed by atoms with Gasteiger partial charge in [0.05, 0.1) is 18.8 Å². The number of anilines is 1. The molecule has 0 atom stereocenters. The van der Waals surface area contributed by atoms with E-state index in [4.69, 9.17) is 9.15 Å². The molecule has 8 heteroatoms. The molecule has 0 bridgehead atoms. The first-order valence-electron chi connectivity index (χ1n) is 10.9. The van der Waals surface area contributed by atoms with Crippen LogP contribution in [0.1, 0.15) is 16.2 Å². The zero-order valence-electron chi connectivity index (χ0n) is 17.6. The number of likely N-dealkylation sites (tertiary alicyclic amines) is 1. The summed E-state index contributed by atoms with van der Waals surface area (Å²) in [5, 5.41) is 8.31. The summed E-state index contributed by atoms with van der Waals surface area (Å²) in [6.07, 6.45) is 0.573. The van der Waals surface area contributed by atoms with Gasteiger partial charge < -0.3 is 14.1 Å². The molecule has 0 radical (unpaired) electrons. The van der Waals surface area contributed by atoms with Crippen molar-refractivity contribution in [2.75, 3.05) is 44.3 Å². The Morgan fingerprint density at radius 2 is 1.84 bits per heavy atom. The molecule has 0 N–H and O–H groups in total.